The summed E-state index contributed by atoms with van der Waals surface area (Å²) < 4.78 is 5.02. The molecule has 1 N–H and O–H groups in total. The van der Waals surface area contributed by atoms with Crippen LogP contribution in [-0.2, 0) is 17.8 Å². The van der Waals surface area contributed by atoms with Gasteiger partial charge in [0.25, 0.3) is 0 Å². The average Bonchev–Trinajstić information content (AvgIpc) is 3.19. The van der Waals surface area contributed by atoms with E-state index in [4.69, 9.17) is 4.52 Å². The summed E-state index contributed by atoms with van der Waals surface area (Å²) in [6.07, 6.45) is 0.444. The molecule has 0 aliphatic carbocycles. The van der Waals surface area contributed by atoms with Crippen molar-refractivity contribution in [1.82, 2.24) is 24.9 Å². The lowest BCUT2D eigenvalue weighted by Crippen LogP contribution is -2.48. The summed E-state index contributed by atoms with van der Waals surface area (Å²) in [4.78, 5) is 24.6. The lowest BCUT2D eigenvalue weighted by Gasteiger charge is -2.34. The number of aromatic amines is 1. The Bertz CT molecular complexity index is 921. The molecule has 1 amide bonds. The van der Waals surface area contributed by atoms with E-state index in [2.05, 4.69) is 32.2 Å². The van der Waals surface area contributed by atoms with E-state index in [1.807, 2.05) is 24.0 Å². The van der Waals surface area contributed by atoms with Crippen molar-refractivity contribution in [2.45, 2.75) is 26.8 Å². The highest BCUT2D eigenvalue weighted by molar-refractivity contribution is 5.90. The molecule has 0 bridgehead atoms. The maximum absolute atomic E-state index is 12.8. The molecule has 136 valence electrons. The quantitative estimate of drug-likeness (QED) is 0.777. The number of hydrogen-bond donors (Lipinski definition) is 1. The maximum Gasteiger partial charge on any atom is 0.227 e. The van der Waals surface area contributed by atoms with Crippen molar-refractivity contribution in [2.75, 3.05) is 26.2 Å². The van der Waals surface area contributed by atoms with Crippen LogP contribution in [0.15, 0.2) is 28.8 Å². The molecule has 1 aliphatic heterocycles. The number of carbonyl (C=O) groups is 1. The number of carbonyl (C=O) groups excluding carboxylic acids is 1. The molecule has 7 nitrogen and oxygen atoms in total. The normalized spacial score (nSPS) is 15.7. The minimum Gasteiger partial charge on any atom is -0.358 e. The second kappa shape index (κ2) is 6.92. The molecule has 2 aromatic heterocycles. The fraction of sp³-hybridized carbons (Fsp3) is 0.421. The van der Waals surface area contributed by atoms with Crippen molar-refractivity contribution in [3.05, 3.63) is 47.2 Å². The zero-order chi connectivity index (χ0) is 18.1. The Balaban J connectivity index is 1.37. The van der Waals surface area contributed by atoms with Crippen molar-refractivity contribution in [2.24, 2.45) is 0 Å². The van der Waals surface area contributed by atoms with E-state index in [1.165, 1.54) is 0 Å². The van der Waals surface area contributed by atoms with Gasteiger partial charge in [0, 0.05) is 49.7 Å². The number of hydrogen-bond acceptors (Lipinski definition) is 5. The number of aryl methyl sites for hydroxylation is 2. The van der Waals surface area contributed by atoms with Gasteiger partial charge in [-0.05, 0) is 18.6 Å². The molecule has 0 radical (unpaired) electrons. The van der Waals surface area contributed by atoms with E-state index in [1.54, 1.807) is 6.92 Å². The Morgan fingerprint density at radius 1 is 1.19 bits per heavy atom. The number of aromatic nitrogens is 3. The highest BCUT2D eigenvalue weighted by Crippen LogP contribution is 2.23. The van der Waals surface area contributed by atoms with Gasteiger partial charge in [-0.1, -0.05) is 23.4 Å². The second-order valence-electron chi connectivity index (χ2n) is 6.84. The van der Waals surface area contributed by atoms with Gasteiger partial charge >= 0.3 is 0 Å². The molecule has 1 saturated heterocycles. The largest absolute Gasteiger partial charge is 0.358 e. The first-order valence-electron chi connectivity index (χ1n) is 8.95. The van der Waals surface area contributed by atoms with Crippen molar-refractivity contribution < 1.29 is 9.32 Å². The number of H-pyrrole nitrogens is 1. The van der Waals surface area contributed by atoms with Gasteiger partial charge < -0.3 is 14.4 Å². The summed E-state index contributed by atoms with van der Waals surface area (Å²) >= 11 is 0. The summed E-state index contributed by atoms with van der Waals surface area (Å²) in [6.45, 7) is 7.61. The molecular weight excluding hydrogens is 330 g/mol. The maximum atomic E-state index is 12.8. The van der Waals surface area contributed by atoms with E-state index in [0.717, 1.165) is 48.3 Å². The van der Waals surface area contributed by atoms with Crippen molar-refractivity contribution in [3.8, 4) is 0 Å². The van der Waals surface area contributed by atoms with Crippen LogP contribution >= 0.6 is 0 Å². The van der Waals surface area contributed by atoms with E-state index in [0.29, 0.717) is 24.7 Å². The summed E-state index contributed by atoms with van der Waals surface area (Å²) in [6, 6.07) is 8.15. The summed E-state index contributed by atoms with van der Waals surface area (Å²) in [7, 11) is 0. The van der Waals surface area contributed by atoms with E-state index < -0.39 is 0 Å². The molecule has 7 heteroatoms. The lowest BCUT2D eigenvalue weighted by molar-refractivity contribution is -0.132. The van der Waals surface area contributed by atoms with Crippen LogP contribution in [0.1, 0.15) is 23.0 Å². The summed E-state index contributed by atoms with van der Waals surface area (Å²) in [5.41, 5.74) is 3.27. The van der Waals surface area contributed by atoms with Crippen LogP contribution in [0.5, 0.6) is 0 Å². The Morgan fingerprint density at radius 2 is 1.96 bits per heavy atom. The molecule has 3 aromatic rings. The molecule has 1 fully saturated rings. The number of nitrogens with one attached hydrogen (secondary N) is 1. The predicted octanol–water partition coefficient (Wildman–Crippen LogP) is 2.05. The van der Waals surface area contributed by atoms with Gasteiger partial charge in [0.15, 0.2) is 5.82 Å². The monoisotopic (exact) mass is 353 g/mol. The summed E-state index contributed by atoms with van der Waals surface area (Å²) in [5, 5.41) is 5.08. The second-order valence-corrected chi connectivity index (χ2v) is 6.84. The molecule has 0 spiro atoms. The molecule has 0 saturated carbocycles. The third-order valence-corrected chi connectivity index (χ3v) is 5.01. The van der Waals surface area contributed by atoms with Gasteiger partial charge in [0.1, 0.15) is 0 Å². The van der Waals surface area contributed by atoms with Crippen LogP contribution < -0.4 is 0 Å². The fourth-order valence-corrected chi connectivity index (χ4v) is 3.59. The Morgan fingerprint density at radius 3 is 2.69 bits per heavy atom. The first-order chi connectivity index (χ1) is 12.6. The minimum absolute atomic E-state index is 0.188. The third-order valence-electron chi connectivity index (χ3n) is 5.01. The number of piperazine rings is 1. The highest BCUT2D eigenvalue weighted by Gasteiger charge is 2.23. The zero-order valence-corrected chi connectivity index (χ0v) is 15.2. The van der Waals surface area contributed by atoms with E-state index in [-0.39, 0.29) is 5.91 Å². The smallest absolute Gasteiger partial charge is 0.227 e. The molecule has 1 aromatic carbocycles. The molecular formula is C19H23N5O2. The zero-order valence-electron chi connectivity index (χ0n) is 15.2. The van der Waals surface area contributed by atoms with Gasteiger partial charge in [0.05, 0.1) is 13.0 Å². The lowest BCUT2D eigenvalue weighted by atomic mass is 10.1. The van der Waals surface area contributed by atoms with E-state index >= 15 is 0 Å². The molecule has 26 heavy (non-hydrogen) atoms. The van der Waals surface area contributed by atoms with E-state index in [9.17, 15) is 4.79 Å². The summed E-state index contributed by atoms with van der Waals surface area (Å²) in [5.74, 6) is 1.48. The Hall–Kier alpha value is -2.67. The average molecular weight is 353 g/mol. The van der Waals surface area contributed by atoms with Crippen LogP contribution in [0, 0.1) is 13.8 Å². The fourth-order valence-electron chi connectivity index (χ4n) is 3.59. The number of nitrogens with zero attached hydrogens (tertiary/aromatic N) is 4. The SMILES string of the molecule is Cc1nc(CN2CCN(C(=O)Cc3c(C)[nH]c4ccccc34)CC2)no1. The van der Waals surface area contributed by atoms with Crippen LogP contribution in [0.3, 0.4) is 0 Å². The molecule has 0 atom stereocenters. The van der Waals surface area contributed by atoms with Crippen LogP contribution in [0.2, 0.25) is 0 Å². The van der Waals surface area contributed by atoms with Crippen molar-refractivity contribution in [3.63, 3.8) is 0 Å². The number of para-hydroxylation sites is 1. The Labute approximate surface area is 152 Å². The topological polar surface area (TPSA) is 78.3 Å². The number of rotatable bonds is 4. The first kappa shape index (κ1) is 16.8. The molecule has 1 aliphatic rings. The first-order valence-corrected chi connectivity index (χ1v) is 8.95. The van der Waals surface area contributed by atoms with Crippen molar-refractivity contribution in [1.29, 1.82) is 0 Å². The Kier molecular flexibility index (Phi) is 4.46. The number of amides is 1. The van der Waals surface area contributed by atoms with Crippen LogP contribution in [0.25, 0.3) is 10.9 Å². The third kappa shape index (κ3) is 3.35. The van der Waals surface area contributed by atoms with Gasteiger partial charge in [0.2, 0.25) is 11.8 Å². The number of fused-ring (bicyclic) bond motifs is 1. The molecule has 4 rings (SSSR count). The predicted molar refractivity (Wildman–Crippen MR) is 97.6 cm³/mol. The van der Waals surface area contributed by atoms with Crippen molar-refractivity contribution >= 4 is 16.8 Å². The van der Waals surface area contributed by atoms with Gasteiger partial charge in [-0.25, -0.2) is 0 Å². The number of benzene rings is 1. The van der Waals surface area contributed by atoms with Gasteiger partial charge in [-0.15, -0.1) is 0 Å². The van der Waals surface area contributed by atoms with Crippen LogP contribution in [0.4, 0.5) is 0 Å². The standard InChI is InChI=1S/C19H23N5O2/c1-13-16(15-5-3-4-6-17(15)20-13)11-19(25)24-9-7-23(8-10-24)12-18-21-14(2)26-22-18/h3-6,20H,7-12H2,1-2H3. The minimum atomic E-state index is 0.188. The molecule has 3 heterocycles. The molecule has 0 unspecified atom stereocenters. The van der Waals surface area contributed by atoms with Gasteiger partial charge in [-0.2, -0.15) is 4.98 Å². The highest BCUT2D eigenvalue weighted by atomic mass is 16.5. The van der Waals surface area contributed by atoms with Crippen LogP contribution in [-0.4, -0.2) is 57.0 Å². The van der Waals surface area contributed by atoms with Gasteiger partial charge in [-0.3, -0.25) is 9.69 Å².